The lowest BCUT2D eigenvalue weighted by Gasteiger charge is -2.10. The van der Waals surface area contributed by atoms with Crippen LogP contribution in [0.15, 0.2) is 36.9 Å². The Balaban J connectivity index is 2.05. The van der Waals surface area contributed by atoms with Crippen molar-refractivity contribution in [1.82, 2.24) is 4.57 Å². The van der Waals surface area contributed by atoms with Crippen molar-refractivity contribution in [2.45, 2.75) is 40.3 Å². The molecule has 0 bridgehead atoms. The zero-order valence-electron chi connectivity index (χ0n) is 12.6. The van der Waals surface area contributed by atoms with Crippen molar-refractivity contribution in [2.24, 2.45) is 0 Å². The number of aromatic nitrogens is 2. The van der Waals surface area contributed by atoms with Gasteiger partial charge in [-0.1, -0.05) is 18.2 Å². The molecule has 0 aliphatic carbocycles. The maximum absolute atomic E-state index is 12.1. The van der Waals surface area contributed by atoms with Gasteiger partial charge in [0.1, 0.15) is 12.4 Å². The van der Waals surface area contributed by atoms with E-state index >= 15 is 0 Å². The van der Waals surface area contributed by atoms with Gasteiger partial charge < -0.3 is 5.32 Å². The minimum absolute atomic E-state index is 0.00564. The molecule has 1 aromatic carbocycles. The van der Waals surface area contributed by atoms with Gasteiger partial charge in [0.25, 0.3) is 5.91 Å². The fourth-order valence-electron chi connectivity index (χ4n) is 2.17. The van der Waals surface area contributed by atoms with Gasteiger partial charge in [-0.2, -0.15) is 0 Å². The van der Waals surface area contributed by atoms with Crippen molar-refractivity contribution >= 4 is 11.6 Å². The van der Waals surface area contributed by atoms with Gasteiger partial charge in [0.15, 0.2) is 6.54 Å². The van der Waals surface area contributed by atoms with Crippen molar-refractivity contribution < 1.29 is 9.36 Å². The van der Waals surface area contributed by atoms with Crippen LogP contribution in [0.1, 0.15) is 31.0 Å². The number of anilines is 1. The van der Waals surface area contributed by atoms with Crippen molar-refractivity contribution in [3.63, 3.8) is 0 Å². The maximum atomic E-state index is 12.1. The fraction of sp³-hybridized carbons (Fsp3) is 0.375. The highest BCUT2D eigenvalue weighted by atomic mass is 16.1. The molecule has 0 radical (unpaired) electrons. The first-order chi connectivity index (χ1) is 9.47. The third-order valence-corrected chi connectivity index (χ3v) is 3.38. The van der Waals surface area contributed by atoms with Gasteiger partial charge in [-0.05, 0) is 38.8 Å². The smallest absolute Gasteiger partial charge is 0.266 e. The van der Waals surface area contributed by atoms with Gasteiger partial charge in [0.2, 0.25) is 6.33 Å². The second-order valence-electron chi connectivity index (χ2n) is 5.44. The van der Waals surface area contributed by atoms with Crippen LogP contribution in [0.25, 0.3) is 0 Å². The van der Waals surface area contributed by atoms with Gasteiger partial charge in [0, 0.05) is 5.69 Å². The van der Waals surface area contributed by atoms with Gasteiger partial charge in [-0.25, -0.2) is 9.13 Å². The van der Waals surface area contributed by atoms with Crippen molar-refractivity contribution in [3.8, 4) is 0 Å². The van der Waals surface area contributed by atoms with E-state index in [9.17, 15) is 4.79 Å². The fourth-order valence-corrected chi connectivity index (χ4v) is 2.17. The van der Waals surface area contributed by atoms with Gasteiger partial charge in [0.05, 0.1) is 6.04 Å². The van der Waals surface area contributed by atoms with Crippen LogP contribution in [0.2, 0.25) is 0 Å². The Kier molecular flexibility index (Phi) is 4.23. The molecule has 0 saturated heterocycles. The van der Waals surface area contributed by atoms with Crippen LogP contribution in [0.3, 0.4) is 0 Å². The Hall–Kier alpha value is -2.10. The minimum Gasteiger partial charge on any atom is -0.322 e. The number of carbonyl (C=O) groups excluding carboxylic acids is 1. The Labute approximate surface area is 120 Å². The average Bonchev–Trinajstić information content (AvgIpc) is 2.82. The molecular formula is C16H22N3O+. The molecule has 2 aromatic rings. The van der Waals surface area contributed by atoms with E-state index in [1.165, 1.54) is 0 Å². The first-order valence-electron chi connectivity index (χ1n) is 6.90. The monoisotopic (exact) mass is 272 g/mol. The van der Waals surface area contributed by atoms with Crippen LogP contribution in [0, 0.1) is 13.8 Å². The summed E-state index contributed by atoms with van der Waals surface area (Å²) < 4.78 is 3.97. The first kappa shape index (κ1) is 14.3. The molecule has 1 amide bonds. The number of rotatable bonds is 4. The zero-order chi connectivity index (χ0) is 14.7. The number of aryl methyl sites for hydroxylation is 2. The lowest BCUT2D eigenvalue weighted by molar-refractivity contribution is -0.683. The molecule has 0 aliphatic heterocycles. The van der Waals surface area contributed by atoms with E-state index in [0.29, 0.717) is 12.6 Å². The molecule has 4 nitrogen and oxygen atoms in total. The summed E-state index contributed by atoms with van der Waals surface area (Å²) in [4.78, 5) is 12.1. The minimum atomic E-state index is -0.00564. The molecule has 0 saturated carbocycles. The number of hydrogen-bond donors (Lipinski definition) is 1. The summed E-state index contributed by atoms with van der Waals surface area (Å²) in [5.41, 5.74) is 3.09. The molecule has 1 N–H and O–H groups in total. The molecule has 1 aromatic heterocycles. The molecule has 0 atom stereocenters. The van der Waals surface area contributed by atoms with E-state index in [2.05, 4.69) is 23.7 Å². The van der Waals surface area contributed by atoms with Gasteiger partial charge in [-0.3, -0.25) is 4.79 Å². The Morgan fingerprint density at radius 3 is 2.50 bits per heavy atom. The number of benzene rings is 1. The van der Waals surface area contributed by atoms with Crippen LogP contribution in [0.4, 0.5) is 5.69 Å². The Bertz CT molecular complexity index is 594. The first-order valence-corrected chi connectivity index (χ1v) is 6.90. The number of hydrogen-bond acceptors (Lipinski definition) is 1. The molecule has 0 fully saturated rings. The number of para-hydroxylation sites is 1. The second kappa shape index (κ2) is 5.90. The van der Waals surface area contributed by atoms with Crippen LogP contribution in [-0.2, 0) is 11.3 Å². The highest BCUT2D eigenvalue weighted by Crippen LogP contribution is 2.19. The molecule has 20 heavy (non-hydrogen) atoms. The zero-order valence-corrected chi connectivity index (χ0v) is 12.6. The third kappa shape index (κ3) is 3.26. The number of nitrogens with one attached hydrogen (secondary N) is 1. The highest BCUT2D eigenvalue weighted by molar-refractivity contribution is 5.91. The van der Waals surface area contributed by atoms with Crippen LogP contribution < -0.4 is 9.88 Å². The van der Waals surface area contributed by atoms with Crippen molar-refractivity contribution in [1.29, 1.82) is 0 Å². The number of amides is 1. The average molecular weight is 272 g/mol. The van der Waals surface area contributed by atoms with Crippen LogP contribution in [-0.4, -0.2) is 10.5 Å². The molecule has 0 unspecified atom stereocenters. The molecule has 4 heteroatoms. The predicted octanol–water partition coefficient (Wildman–Crippen LogP) is 2.61. The molecule has 106 valence electrons. The Morgan fingerprint density at radius 2 is 1.95 bits per heavy atom. The van der Waals surface area contributed by atoms with E-state index in [1.54, 1.807) is 0 Å². The summed E-state index contributed by atoms with van der Waals surface area (Å²) in [5, 5.41) is 3.00. The quantitative estimate of drug-likeness (QED) is 0.854. The lowest BCUT2D eigenvalue weighted by atomic mass is 10.1. The Morgan fingerprint density at radius 1 is 1.30 bits per heavy atom. The normalized spacial score (nSPS) is 10.8. The predicted molar refractivity (Wildman–Crippen MR) is 79.6 cm³/mol. The molecule has 0 aliphatic rings. The summed E-state index contributed by atoms with van der Waals surface area (Å²) in [6, 6.07) is 6.41. The standard InChI is InChI=1S/C16H21N3O/c1-12(2)19-9-8-18(11-19)10-15(20)17-16-13(3)6-5-7-14(16)4/h5-9,11-12H,10H2,1-4H3/p+1. The molecule has 2 rings (SSSR count). The van der Waals surface area contributed by atoms with Crippen LogP contribution in [0.5, 0.6) is 0 Å². The lowest BCUT2D eigenvalue weighted by Crippen LogP contribution is -2.38. The molecular weight excluding hydrogens is 250 g/mol. The van der Waals surface area contributed by atoms with Crippen LogP contribution >= 0.6 is 0 Å². The summed E-state index contributed by atoms with van der Waals surface area (Å²) >= 11 is 0. The van der Waals surface area contributed by atoms with E-state index in [-0.39, 0.29) is 5.91 Å². The summed E-state index contributed by atoms with van der Waals surface area (Å²) in [7, 11) is 0. The van der Waals surface area contributed by atoms with Crippen molar-refractivity contribution in [3.05, 3.63) is 48.0 Å². The molecule has 0 spiro atoms. The molecule has 1 heterocycles. The van der Waals surface area contributed by atoms with Crippen molar-refractivity contribution in [2.75, 3.05) is 5.32 Å². The van der Waals surface area contributed by atoms with Gasteiger partial charge in [-0.15, -0.1) is 0 Å². The number of imidazole rings is 1. The number of carbonyl (C=O) groups is 1. The third-order valence-electron chi connectivity index (χ3n) is 3.38. The summed E-state index contributed by atoms with van der Waals surface area (Å²) in [5.74, 6) is -0.00564. The second-order valence-corrected chi connectivity index (χ2v) is 5.44. The van der Waals surface area contributed by atoms with E-state index in [0.717, 1.165) is 16.8 Å². The van der Waals surface area contributed by atoms with E-state index in [4.69, 9.17) is 0 Å². The highest BCUT2D eigenvalue weighted by Gasteiger charge is 2.12. The topological polar surface area (TPSA) is 37.9 Å². The maximum Gasteiger partial charge on any atom is 0.266 e. The SMILES string of the molecule is Cc1cccc(C)c1NC(=O)C[n+]1ccn(C(C)C)c1. The largest absolute Gasteiger partial charge is 0.322 e. The summed E-state index contributed by atoms with van der Waals surface area (Å²) in [6.07, 6.45) is 5.86. The number of nitrogens with zero attached hydrogens (tertiary/aromatic N) is 2. The van der Waals surface area contributed by atoms with E-state index in [1.807, 2.05) is 55.3 Å². The summed E-state index contributed by atoms with van der Waals surface area (Å²) in [6.45, 7) is 8.56. The van der Waals surface area contributed by atoms with E-state index < -0.39 is 0 Å². The van der Waals surface area contributed by atoms with Gasteiger partial charge >= 0.3 is 0 Å².